The molecule has 0 aromatic heterocycles. The fourth-order valence-electron chi connectivity index (χ4n) is 4.60. The van der Waals surface area contributed by atoms with Gasteiger partial charge in [-0.25, -0.2) is 0 Å². The van der Waals surface area contributed by atoms with Crippen LogP contribution in [-0.2, 0) is 4.79 Å². The second kappa shape index (κ2) is 10.9. The monoisotopic (exact) mass is 410 g/mol. The van der Waals surface area contributed by atoms with Crippen molar-refractivity contribution in [3.63, 3.8) is 0 Å². The fraction of sp³-hybridized carbons (Fsp3) is 0.909. The number of nitrogens with one attached hydrogen (secondary N) is 2. The maximum atomic E-state index is 13.3. The third-order valence-corrected chi connectivity index (χ3v) is 6.66. The van der Waals surface area contributed by atoms with Crippen LogP contribution in [0.1, 0.15) is 72.6 Å². The number of carbonyl (C=O) groups excluding carboxylic acids is 1. The van der Waals surface area contributed by atoms with Crippen molar-refractivity contribution in [3.8, 4) is 0 Å². The average Bonchev–Trinajstić information content (AvgIpc) is 3.07. The summed E-state index contributed by atoms with van der Waals surface area (Å²) in [5.41, 5.74) is 5.44. The second-order valence-corrected chi connectivity index (χ2v) is 10.4. The summed E-state index contributed by atoms with van der Waals surface area (Å²) in [5.74, 6) is 1.95. The predicted octanol–water partition coefficient (Wildman–Crippen LogP) is 3.07. The lowest BCUT2D eigenvalue weighted by molar-refractivity contribution is -0.136. The van der Waals surface area contributed by atoms with Crippen molar-refractivity contribution in [2.45, 2.75) is 84.7 Å². The Bertz CT molecular complexity index is 513. The van der Waals surface area contributed by atoms with E-state index in [1.54, 1.807) is 0 Å². The highest BCUT2D eigenvalue weighted by molar-refractivity contribution is 7.80. The van der Waals surface area contributed by atoms with Crippen LogP contribution in [0, 0.1) is 17.3 Å². The molecule has 1 saturated heterocycles. The topological polar surface area (TPSA) is 70.4 Å². The summed E-state index contributed by atoms with van der Waals surface area (Å²) in [6.45, 7) is 11.6. The molecule has 1 saturated carbocycles. The Balaban J connectivity index is 1.80. The van der Waals surface area contributed by atoms with Gasteiger partial charge in [0.1, 0.15) is 6.04 Å². The van der Waals surface area contributed by atoms with E-state index in [0.717, 1.165) is 44.3 Å². The van der Waals surface area contributed by atoms with Crippen LogP contribution < -0.4 is 16.4 Å². The minimum Gasteiger partial charge on any atom is -0.367 e. The average molecular weight is 411 g/mol. The molecule has 0 aromatic rings. The lowest BCUT2D eigenvalue weighted by Crippen LogP contribution is -2.57. The zero-order valence-electron chi connectivity index (χ0n) is 18.4. The number of unbranched alkanes of at least 4 members (excludes halogenated alkanes) is 1. The Labute approximate surface area is 177 Å². The number of hydrogen-bond donors (Lipinski definition) is 3. The van der Waals surface area contributed by atoms with E-state index < -0.39 is 0 Å². The first kappa shape index (κ1) is 23.6. The van der Waals surface area contributed by atoms with Gasteiger partial charge in [0, 0.05) is 25.7 Å². The summed E-state index contributed by atoms with van der Waals surface area (Å²) in [5, 5.41) is 6.87. The molecule has 2 atom stereocenters. The maximum Gasteiger partial charge on any atom is 0.245 e. The van der Waals surface area contributed by atoms with E-state index in [1.807, 2.05) is 0 Å². The summed E-state index contributed by atoms with van der Waals surface area (Å²) in [6.07, 6.45) is 9.02. The lowest BCUT2D eigenvalue weighted by Gasteiger charge is -2.37. The van der Waals surface area contributed by atoms with Crippen molar-refractivity contribution in [2.75, 3.05) is 26.2 Å². The summed E-state index contributed by atoms with van der Waals surface area (Å²) < 4.78 is 0. The number of hydrogen-bond acceptors (Lipinski definition) is 4. The third kappa shape index (κ3) is 6.67. The Morgan fingerprint density at radius 2 is 1.96 bits per heavy atom. The van der Waals surface area contributed by atoms with Gasteiger partial charge < -0.3 is 21.3 Å². The zero-order chi connectivity index (χ0) is 20.7. The van der Waals surface area contributed by atoms with Gasteiger partial charge in [0.05, 0.1) is 4.99 Å². The number of carbonyl (C=O) groups is 1. The molecule has 0 bridgehead atoms. The van der Waals surface area contributed by atoms with Crippen LogP contribution in [0.2, 0.25) is 0 Å². The lowest BCUT2D eigenvalue weighted by atomic mass is 9.72. The Kier molecular flexibility index (Phi) is 9.16. The quantitative estimate of drug-likeness (QED) is 0.483. The number of rotatable bonds is 10. The minimum absolute atomic E-state index is 0.163. The number of nitrogens with two attached hydrogens (primary N) is 1. The molecule has 28 heavy (non-hydrogen) atoms. The van der Waals surface area contributed by atoms with E-state index in [0.29, 0.717) is 11.0 Å². The van der Waals surface area contributed by atoms with E-state index in [9.17, 15) is 4.79 Å². The summed E-state index contributed by atoms with van der Waals surface area (Å²) in [6, 6.07) is -0.0309. The highest BCUT2D eigenvalue weighted by atomic mass is 32.1. The molecule has 6 heteroatoms. The first-order valence-electron chi connectivity index (χ1n) is 11.3. The van der Waals surface area contributed by atoms with Crippen molar-refractivity contribution in [2.24, 2.45) is 23.0 Å². The smallest absolute Gasteiger partial charge is 0.245 e. The number of nitrogens with zero attached hydrogens (tertiary/aromatic N) is 1. The molecule has 1 aliphatic heterocycles. The predicted molar refractivity (Wildman–Crippen MR) is 121 cm³/mol. The molecule has 2 fully saturated rings. The van der Waals surface area contributed by atoms with E-state index in [-0.39, 0.29) is 23.9 Å². The van der Waals surface area contributed by atoms with Gasteiger partial charge in [-0.15, -0.1) is 0 Å². The number of likely N-dealkylation sites (tertiary alicyclic amines) is 1. The minimum atomic E-state index is -0.324. The normalized spacial score (nSPS) is 26.0. The molecule has 2 rings (SSSR count). The van der Waals surface area contributed by atoms with Crippen molar-refractivity contribution in [1.29, 1.82) is 0 Å². The third-order valence-electron chi connectivity index (χ3n) is 6.38. The van der Waals surface area contributed by atoms with Crippen molar-refractivity contribution in [3.05, 3.63) is 0 Å². The molecule has 0 radical (unpaired) electrons. The van der Waals surface area contributed by atoms with Crippen molar-refractivity contribution < 1.29 is 4.79 Å². The van der Waals surface area contributed by atoms with Gasteiger partial charge in [-0.3, -0.25) is 4.79 Å². The fourth-order valence-corrected chi connectivity index (χ4v) is 4.71. The number of thiocarbonyl (C=S) groups is 1. The van der Waals surface area contributed by atoms with Crippen molar-refractivity contribution in [1.82, 2.24) is 15.5 Å². The Morgan fingerprint density at radius 3 is 2.57 bits per heavy atom. The molecule has 2 unspecified atom stereocenters. The molecule has 2 aliphatic rings. The molecule has 0 aromatic carbocycles. The summed E-state index contributed by atoms with van der Waals surface area (Å²) >= 11 is 5.26. The van der Waals surface area contributed by atoms with Gasteiger partial charge in [-0.2, -0.15) is 0 Å². The Hall–Kier alpha value is -0.720. The van der Waals surface area contributed by atoms with Gasteiger partial charge in [0.15, 0.2) is 0 Å². The van der Waals surface area contributed by atoms with E-state index >= 15 is 0 Å². The molecular weight excluding hydrogens is 368 g/mol. The van der Waals surface area contributed by atoms with Crippen LogP contribution in [-0.4, -0.2) is 54.1 Å². The highest BCUT2D eigenvalue weighted by Gasteiger charge is 2.39. The van der Waals surface area contributed by atoms with E-state index in [2.05, 4.69) is 43.2 Å². The SMILES string of the molecule is CCCCC1CC(CNCC2CCCN2C(=O)C(NC(=S)CN)C(C)(C)C)C1. The summed E-state index contributed by atoms with van der Waals surface area (Å²) in [4.78, 5) is 15.9. The molecule has 0 spiro atoms. The molecule has 1 heterocycles. The molecule has 4 N–H and O–H groups in total. The molecule has 1 aliphatic carbocycles. The molecule has 1 amide bonds. The van der Waals surface area contributed by atoms with Crippen LogP contribution >= 0.6 is 12.2 Å². The van der Waals surface area contributed by atoms with Gasteiger partial charge >= 0.3 is 0 Å². The van der Waals surface area contributed by atoms with Gasteiger partial charge in [-0.05, 0) is 49.5 Å². The van der Waals surface area contributed by atoms with Crippen LogP contribution in [0.3, 0.4) is 0 Å². The van der Waals surface area contributed by atoms with Gasteiger partial charge in [-0.1, -0.05) is 59.2 Å². The van der Waals surface area contributed by atoms with Crippen LogP contribution in [0.25, 0.3) is 0 Å². The van der Waals surface area contributed by atoms with Crippen LogP contribution in [0.15, 0.2) is 0 Å². The summed E-state index contributed by atoms with van der Waals surface area (Å²) in [7, 11) is 0. The second-order valence-electron chi connectivity index (χ2n) is 9.90. The first-order valence-corrected chi connectivity index (χ1v) is 11.7. The van der Waals surface area contributed by atoms with Crippen LogP contribution in [0.4, 0.5) is 0 Å². The maximum absolute atomic E-state index is 13.3. The molecule has 162 valence electrons. The van der Waals surface area contributed by atoms with Crippen LogP contribution in [0.5, 0.6) is 0 Å². The zero-order valence-corrected chi connectivity index (χ0v) is 19.2. The first-order chi connectivity index (χ1) is 13.3. The van der Waals surface area contributed by atoms with Gasteiger partial charge in [0.2, 0.25) is 5.91 Å². The standard InChI is InChI=1S/C22H42N4OS/c1-5-6-8-16-11-17(12-16)14-24-15-18-9-7-10-26(18)21(27)20(22(2,3)4)25-19(28)13-23/h16-18,20,24H,5-15,23H2,1-4H3,(H,25,28). The highest BCUT2D eigenvalue weighted by Crippen LogP contribution is 2.36. The van der Waals surface area contributed by atoms with Crippen molar-refractivity contribution >= 4 is 23.1 Å². The van der Waals surface area contributed by atoms with E-state index in [4.69, 9.17) is 18.0 Å². The molecular formula is C22H42N4OS. The van der Waals surface area contributed by atoms with Gasteiger partial charge in [0.25, 0.3) is 0 Å². The number of amides is 1. The Morgan fingerprint density at radius 1 is 1.25 bits per heavy atom. The largest absolute Gasteiger partial charge is 0.367 e. The molecule has 5 nitrogen and oxygen atoms in total. The van der Waals surface area contributed by atoms with E-state index in [1.165, 1.54) is 32.1 Å².